The molecule has 0 saturated carbocycles. The van der Waals surface area contributed by atoms with Crippen LogP contribution < -0.4 is 10.6 Å². The van der Waals surface area contributed by atoms with Gasteiger partial charge in [-0.15, -0.1) is 10.2 Å². The number of hydrogen-bond donors (Lipinski definition) is 2. The van der Waals surface area contributed by atoms with Gasteiger partial charge in [-0.05, 0) is 61.4 Å². The molecule has 0 fully saturated rings. The normalized spacial score (nSPS) is 10.4. The minimum absolute atomic E-state index is 0.179. The van der Waals surface area contributed by atoms with E-state index in [4.69, 9.17) is 0 Å². The average molecular weight is 336 g/mol. The molecule has 1 amide bonds. The number of nitrogens with zero attached hydrogens (tertiary/aromatic N) is 2. The van der Waals surface area contributed by atoms with Gasteiger partial charge < -0.3 is 10.6 Å². The van der Waals surface area contributed by atoms with E-state index in [-0.39, 0.29) is 17.4 Å². The Bertz CT molecular complexity index is 889. The van der Waals surface area contributed by atoms with E-state index in [1.807, 2.05) is 32.0 Å². The van der Waals surface area contributed by atoms with E-state index in [1.54, 1.807) is 24.3 Å². The van der Waals surface area contributed by atoms with Gasteiger partial charge in [0.25, 0.3) is 5.91 Å². The lowest BCUT2D eigenvalue weighted by atomic mass is 10.1. The molecule has 0 spiro atoms. The number of halogens is 1. The van der Waals surface area contributed by atoms with Crippen molar-refractivity contribution < 1.29 is 9.18 Å². The maximum absolute atomic E-state index is 13.6. The first kappa shape index (κ1) is 16.6. The second kappa shape index (κ2) is 7.09. The van der Waals surface area contributed by atoms with E-state index in [2.05, 4.69) is 20.8 Å². The van der Waals surface area contributed by atoms with Crippen molar-refractivity contribution in [2.24, 2.45) is 0 Å². The number of carbonyl (C=O) groups is 1. The molecule has 2 N–H and O–H groups in total. The van der Waals surface area contributed by atoms with Gasteiger partial charge in [0.15, 0.2) is 11.5 Å². The molecule has 0 aliphatic carbocycles. The standard InChI is InChI=1S/C19H17FN4O/c1-12-9-13(2)11-14(10-12)21-19(25)17-7-8-18(24-23-17)22-16-6-4-3-5-15(16)20/h3-11H,1-2H3,(H,21,25)(H,22,24). The molecule has 3 rings (SSSR count). The molecule has 0 unspecified atom stereocenters. The molecule has 1 heterocycles. The van der Waals surface area contributed by atoms with Gasteiger partial charge in [-0.2, -0.15) is 0 Å². The van der Waals surface area contributed by atoms with Crippen molar-refractivity contribution in [1.29, 1.82) is 0 Å². The van der Waals surface area contributed by atoms with E-state index in [9.17, 15) is 9.18 Å². The summed E-state index contributed by atoms with van der Waals surface area (Å²) in [5, 5.41) is 13.4. The van der Waals surface area contributed by atoms with Gasteiger partial charge in [-0.25, -0.2) is 4.39 Å². The Morgan fingerprint density at radius 2 is 1.68 bits per heavy atom. The molecule has 126 valence electrons. The fraction of sp³-hybridized carbons (Fsp3) is 0.105. The molecule has 25 heavy (non-hydrogen) atoms. The Hall–Kier alpha value is -3.28. The number of para-hydroxylation sites is 1. The lowest BCUT2D eigenvalue weighted by molar-refractivity contribution is 0.102. The van der Waals surface area contributed by atoms with Crippen molar-refractivity contribution in [3.63, 3.8) is 0 Å². The van der Waals surface area contributed by atoms with Crippen LogP contribution in [0.4, 0.5) is 21.6 Å². The van der Waals surface area contributed by atoms with Crippen LogP contribution in [-0.2, 0) is 0 Å². The largest absolute Gasteiger partial charge is 0.336 e. The van der Waals surface area contributed by atoms with Crippen LogP contribution in [0.25, 0.3) is 0 Å². The van der Waals surface area contributed by atoms with Crippen LogP contribution in [0, 0.1) is 19.7 Å². The van der Waals surface area contributed by atoms with Crippen LogP contribution in [0.1, 0.15) is 21.6 Å². The second-order valence-electron chi connectivity index (χ2n) is 5.74. The molecular formula is C19H17FN4O. The van der Waals surface area contributed by atoms with E-state index < -0.39 is 0 Å². The van der Waals surface area contributed by atoms with Gasteiger partial charge in [-0.1, -0.05) is 18.2 Å². The minimum atomic E-state index is -0.388. The molecule has 0 aliphatic rings. The molecule has 0 bridgehead atoms. The number of benzene rings is 2. The Kier molecular flexibility index (Phi) is 4.70. The molecule has 5 nitrogen and oxygen atoms in total. The number of rotatable bonds is 4. The molecule has 0 aliphatic heterocycles. The Morgan fingerprint density at radius 3 is 2.32 bits per heavy atom. The fourth-order valence-corrected chi connectivity index (χ4v) is 2.46. The number of aromatic nitrogens is 2. The Morgan fingerprint density at radius 1 is 0.960 bits per heavy atom. The zero-order valence-corrected chi connectivity index (χ0v) is 13.9. The summed E-state index contributed by atoms with van der Waals surface area (Å²) in [6.07, 6.45) is 0. The van der Waals surface area contributed by atoms with E-state index in [1.165, 1.54) is 12.1 Å². The third-order valence-electron chi connectivity index (χ3n) is 3.51. The molecule has 2 aromatic carbocycles. The zero-order chi connectivity index (χ0) is 17.8. The number of hydrogen-bond acceptors (Lipinski definition) is 4. The van der Waals surface area contributed by atoms with Gasteiger partial charge in [0.1, 0.15) is 5.82 Å². The maximum atomic E-state index is 13.6. The van der Waals surface area contributed by atoms with Gasteiger partial charge >= 0.3 is 0 Å². The van der Waals surface area contributed by atoms with E-state index >= 15 is 0 Å². The first-order valence-corrected chi connectivity index (χ1v) is 7.76. The van der Waals surface area contributed by atoms with Crippen LogP contribution in [-0.4, -0.2) is 16.1 Å². The SMILES string of the molecule is Cc1cc(C)cc(NC(=O)c2ccc(Nc3ccccc3F)nn2)c1. The fourth-order valence-electron chi connectivity index (χ4n) is 2.46. The molecule has 3 aromatic rings. The van der Waals surface area contributed by atoms with Gasteiger partial charge in [0.2, 0.25) is 0 Å². The van der Waals surface area contributed by atoms with Crippen LogP contribution in [0.15, 0.2) is 54.6 Å². The highest BCUT2D eigenvalue weighted by molar-refractivity contribution is 6.02. The second-order valence-corrected chi connectivity index (χ2v) is 5.74. The van der Waals surface area contributed by atoms with Crippen molar-refractivity contribution in [2.75, 3.05) is 10.6 Å². The summed E-state index contributed by atoms with van der Waals surface area (Å²) in [4.78, 5) is 12.3. The number of amides is 1. The van der Waals surface area contributed by atoms with Gasteiger partial charge in [0, 0.05) is 5.69 Å². The highest BCUT2D eigenvalue weighted by atomic mass is 19.1. The van der Waals surface area contributed by atoms with Crippen molar-refractivity contribution in [1.82, 2.24) is 10.2 Å². The zero-order valence-electron chi connectivity index (χ0n) is 13.9. The highest BCUT2D eigenvalue weighted by Gasteiger charge is 2.10. The lowest BCUT2D eigenvalue weighted by Gasteiger charge is -2.08. The monoisotopic (exact) mass is 336 g/mol. The minimum Gasteiger partial charge on any atom is -0.336 e. The topological polar surface area (TPSA) is 66.9 Å². The van der Waals surface area contributed by atoms with E-state index in [0.717, 1.165) is 11.1 Å². The number of anilines is 3. The van der Waals surface area contributed by atoms with Crippen molar-refractivity contribution >= 4 is 23.1 Å². The van der Waals surface area contributed by atoms with Crippen molar-refractivity contribution in [2.45, 2.75) is 13.8 Å². The van der Waals surface area contributed by atoms with Gasteiger partial charge in [-0.3, -0.25) is 4.79 Å². The summed E-state index contributed by atoms with van der Waals surface area (Å²) in [5.74, 6) is -0.385. The summed E-state index contributed by atoms with van der Waals surface area (Å²) in [6.45, 7) is 3.93. The van der Waals surface area contributed by atoms with Crippen molar-refractivity contribution in [3.05, 3.63) is 77.2 Å². The summed E-state index contributed by atoms with van der Waals surface area (Å²) in [5.41, 5.74) is 3.30. The predicted octanol–water partition coefficient (Wildman–Crippen LogP) is 4.23. The third kappa shape index (κ3) is 4.17. The predicted molar refractivity (Wildman–Crippen MR) is 95.6 cm³/mol. The van der Waals surface area contributed by atoms with Crippen LogP contribution in [0.3, 0.4) is 0 Å². The molecule has 0 saturated heterocycles. The molecule has 1 aromatic heterocycles. The highest BCUT2D eigenvalue weighted by Crippen LogP contribution is 2.18. The summed E-state index contributed by atoms with van der Waals surface area (Å²) >= 11 is 0. The maximum Gasteiger partial charge on any atom is 0.276 e. The number of carbonyl (C=O) groups excluding carboxylic acids is 1. The lowest BCUT2D eigenvalue weighted by Crippen LogP contribution is -2.14. The number of nitrogens with one attached hydrogen (secondary N) is 2. The average Bonchev–Trinajstić information content (AvgIpc) is 2.56. The van der Waals surface area contributed by atoms with E-state index in [0.29, 0.717) is 17.2 Å². The quantitative estimate of drug-likeness (QED) is 0.748. The van der Waals surface area contributed by atoms with Crippen LogP contribution in [0.5, 0.6) is 0 Å². The van der Waals surface area contributed by atoms with Crippen molar-refractivity contribution in [3.8, 4) is 0 Å². The van der Waals surface area contributed by atoms with Crippen LogP contribution >= 0.6 is 0 Å². The molecule has 0 atom stereocenters. The Labute approximate surface area is 144 Å². The van der Waals surface area contributed by atoms with Gasteiger partial charge in [0.05, 0.1) is 5.69 Å². The summed E-state index contributed by atoms with van der Waals surface area (Å²) in [6, 6.07) is 15.2. The van der Waals surface area contributed by atoms with Crippen LogP contribution in [0.2, 0.25) is 0 Å². The first-order valence-electron chi connectivity index (χ1n) is 7.76. The summed E-state index contributed by atoms with van der Waals surface area (Å²) < 4.78 is 13.6. The molecular weight excluding hydrogens is 319 g/mol. The number of aryl methyl sites for hydroxylation is 2. The first-order chi connectivity index (χ1) is 12.0. The summed E-state index contributed by atoms with van der Waals surface area (Å²) in [7, 11) is 0. The molecule has 6 heteroatoms. The Balaban J connectivity index is 1.71. The molecule has 0 radical (unpaired) electrons. The third-order valence-corrected chi connectivity index (χ3v) is 3.51. The smallest absolute Gasteiger partial charge is 0.276 e.